The Kier molecular flexibility index (Phi) is 5.04. The van der Waals surface area contributed by atoms with Gasteiger partial charge in [-0.25, -0.2) is 0 Å². The van der Waals surface area contributed by atoms with Crippen molar-refractivity contribution in [1.82, 2.24) is 15.2 Å². The van der Waals surface area contributed by atoms with Crippen LogP contribution in [0.4, 0.5) is 11.4 Å². The molecule has 0 aliphatic rings. The van der Waals surface area contributed by atoms with Crippen molar-refractivity contribution in [2.24, 2.45) is 0 Å². The highest BCUT2D eigenvalue weighted by molar-refractivity contribution is 7.99. The van der Waals surface area contributed by atoms with Gasteiger partial charge in [0.05, 0.1) is 5.75 Å². The lowest BCUT2D eigenvalue weighted by atomic mass is 10.1. The molecular formula is C18H19N5OS. The van der Waals surface area contributed by atoms with Gasteiger partial charge in [0.15, 0.2) is 11.0 Å². The molecule has 3 aromatic rings. The number of hydrogen-bond donors (Lipinski definition) is 3. The van der Waals surface area contributed by atoms with Gasteiger partial charge in [-0.2, -0.15) is 0 Å². The van der Waals surface area contributed by atoms with Crippen LogP contribution < -0.4 is 11.1 Å². The molecule has 0 aliphatic heterocycles. The average Bonchev–Trinajstić information content (AvgIpc) is 3.01. The quantitative estimate of drug-likeness (QED) is 0.482. The van der Waals surface area contributed by atoms with E-state index in [9.17, 15) is 4.79 Å². The molecule has 0 unspecified atom stereocenters. The number of nitrogen functional groups attached to an aromatic ring is 1. The largest absolute Gasteiger partial charge is 0.399 e. The van der Waals surface area contributed by atoms with Gasteiger partial charge in [0.2, 0.25) is 5.91 Å². The minimum atomic E-state index is -0.0829. The molecule has 25 heavy (non-hydrogen) atoms. The van der Waals surface area contributed by atoms with Crippen LogP contribution in [0.25, 0.3) is 11.4 Å². The van der Waals surface area contributed by atoms with Crippen molar-refractivity contribution in [1.29, 1.82) is 0 Å². The lowest BCUT2D eigenvalue weighted by molar-refractivity contribution is -0.113. The second kappa shape index (κ2) is 7.40. The van der Waals surface area contributed by atoms with Crippen LogP contribution in [-0.2, 0) is 4.79 Å². The van der Waals surface area contributed by atoms with E-state index in [1.165, 1.54) is 11.8 Å². The highest BCUT2D eigenvalue weighted by atomic mass is 32.2. The number of aryl methyl sites for hydroxylation is 2. The van der Waals surface area contributed by atoms with Crippen molar-refractivity contribution in [2.75, 3.05) is 16.8 Å². The average molecular weight is 353 g/mol. The molecule has 0 saturated carbocycles. The van der Waals surface area contributed by atoms with E-state index in [1.807, 2.05) is 50.2 Å². The fraction of sp³-hybridized carbons (Fsp3) is 0.167. The van der Waals surface area contributed by atoms with E-state index >= 15 is 0 Å². The number of thioether (sulfide) groups is 1. The van der Waals surface area contributed by atoms with E-state index < -0.39 is 0 Å². The number of aromatic nitrogens is 3. The molecule has 4 N–H and O–H groups in total. The van der Waals surface area contributed by atoms with Gasteiger partial charge in [-0.05, 0) is 61.4 Å². The molecule has 0 saturated heterocycles. The minimum absolute atomic E-state index is 0.0829. The van der Waals surface area contributed by atoms with Crippen LogP contribution in [-0.4, -0.2) is 26.8 Å². The van der Waals surface area contributed by atoms with Gasteiger partial charge in [-0.15, -0.1) is 10.2 Å². The van der Waals surface area contributed by atoms with Crippen molar-refractivity contribution in [3.05, 3.63) is 53.6 Å². The predicted molar refractivity (Wildman–Crippen MR) is 102 cm³/mol. The number of hydrogen-bond acceptors (Lipinski definition) is 5. The van der Waals surface area contributed by atoms with Crippen LogP contribution in [0.2, 0.25) is 0 Å². The summed E-state index contributed by atoms with van der Waals surface area (Å²) in [7, 11) is 0. The first-order valence-corrected chi connectivity index (χ1v) is 8.78. The van der Waals surface area contributed by atoms with Crippen molar-refractivity contribution >= 4 is 29.0 Å². The first-order chi connectivity index (χ1) is 12.0. The number of H-pyrrole nitrogens is 1. The summed E-state index contributed by atoms with van der Waals surface area (Å²) in [6.07, 6.45) is 0. The summed E-state index contributed by atoms with van der Waals surface area (Å²) in [6.45, 7) is 4.01. The van der Waals surface area contributed by atoms with E-state index in [4.69, 9.17) is 5.73 Å². The monoisotopic (exact) mass is 353 g/mol. The van der Waals surface area contributed by atoms with Crippen LogP contribution in [0, 0.1) is 13.8 Å². The molecule has 128 valence electrons. The van der Waals surface area contributed by atoms with Gasteiger partial charge >= 0.3 is 0 Å². The number of nitrogens with zero attached hydrogens (tertiary/aromatic N) is 2. The Balaban J connectivity index is 1.58. The zero-order valence-corrected chi connectivity index (χ0v) is 14.9. The minimum Gasteiger partial charge on any atom is -0.399 e. The first-order valence-electron chi connectivity index (χ1n) is 7.79. The molecule has 0 bridgehead atoms. The summed E-state index contributed by atoms with van der Waals surface area (Å²) < 4.78 is 0. The zero-order valence-electron chi connectivity index (χ0n) is 14.0. The highest BCUT2D eigenvalue weighted by Gasteiger charge is 2.09. The van der Waals surface area contributed by atoms with Crippen molar-refractivity contribution < 1.29 is 4.79 Å². The Morgan fingerprint density at radius 2 is 1.80 bits per heavy atom. The Morgan fingerprint density at radius 3 is 2.48 bits per heavy atom. The first kappa shape index (κ1) is 17.0. The van der Waals surface area contributed by atoms with Crippen LogP contribution >= 0.6 is 11.8 Å². The lowest BCUT2D eigenvalue weighted by Crippen LogP contribution is -2.14. The number of carbonyl (C=O) groups excluding carboxylic acids is 1. The van der Waals surface area contributed by atoms with Gasteiger partial charge in [-0.1, -0.05) is 17.8 Å². The predicted octanol–water partition coefficient (Wildman–Crippen LogP) is 3.40. The summed E-state index contributed by atoms with van der Waals surface area (Å²) in [5, 5.41) is 11.7. The van der Waals surface area contributed by atoms with Gasteiger partial charge in [0, 0.05) is 16.9 Å². The zero-order chi connectivity index (χ0) is 17.8. The lowest BCUT2D eigenvalue weighted by Gasteiger charge is -2.06. The van der Waals surface area contributed by atoms with Crippen molar-refractivity contribution in [2.45, 2.75) is 19.0 Å². The van der Waals surface area contributed by atoms with E-state index in [-0.39, 0.29) is 11.7 Å². The molecule has 0 aliphatic carbocycles. The Labute approximate surface area is 150 Å². The summed E-state index contributed by atoms with van der Waals surface area (Å²) in [4.78, 5) is 15.2. The molecule has 0 spiro atoms. The molecule has 6 nitrogen and oxygen atoms in total. The third-order valence-corrected chi connectivity index (χ3v) is 4.36. The standard InChI is InChI=1S/C18H19N5OS/c1-11-7-12(2)9-15(8-11)20-16(24)10-25-18-21-17(22-23-18)13-3-5-14(19)6-4-13/h3-9H,10,19H2,1-2H3,(H,20,24)(H,21,22,23). The highest BCUT2D eigenvalue weighted by Crippen LogP contribution is 2.20. The van der Waals surface area contributed by atoms with Crippen molar-refractivity contribution in [3.8, 4) is 11.4 Å². The number of benzene rings is 2. The Hall–Kier alpha value is -2.80. The normalized spacial score (nSPS) is 10.6. The third-order valence-electron chi connectivity index (χ3n) is 3.50. The summed E-state index contributed by atoms with van der Waals surface area (Å²) in [6, 6.07) is 13.3. The maximum Gasteiger partial charge on any atom is 0.234 e. The molecule has 1 amide bonds. The van der Waals surface area contributed by atoms with Crippen molar-refractivity contribution in [3.63, 3.8) is 0 Å². The third kappa shape index (κ3) is 4.60. The summed E-state index contributed by atoms with van der Waals surface area (Å²) in [5.74, 6) is 0.821. The number of carbonyl (C=O) groups is 1. The molecule has 0 fully saturated rings. The Morgan fingerprint density at radius 1 is 1.12 bits per heavy atom. The number of amides is 1. The maximum atomic E-state index is 12.1. The van der Waals surface area contributed by atoms with E-state index in [1.54, 1.807) is 0 Å². The van der Waals surface area contributed by atoms with E-state index in [0.717, 1.165) is 22.4 Å². The molecule has 0 atom stereocenters. The van der Waals surface area contributed by atoms with Crippen LogP contribution in [0.1, 0.15) is 11.1 Å². The number of nitrogens with one attached hydrogen (secondary N) is 2. The van der Waals surface area contributed by atoms with Gasteiger partial charge < -0.3 is 16.0 Å². The number of nitrogens with two attached hydrogens (primary N) is 1. The molecule has 7 heteroatoms. The van der Waals surface area contributed by atoms with E-state index in [2.05, 4.69) is 26.6 Å². The fourth-order valence-corrected chi connectivity index (χ4v) is 3.07. The SMILES string of the molecule is Cc1cc(C)cc(NC(=O)CSc2nnc(-c3ccc(N)cc3)[nH]2)c1. The second-order valence-corrected chi connectivity index (χ2v) is 6.78. The number of rotatable bonds is 5. The second-order valence-electron chi connectivity index (χ2n) is 5.81. The molecule has 1 heterocycles. The number of anilines is 2. The summed E-state index contributed by atoms with van der Waals surface area (Å²) >= 11 is 1.31. The maximum absolute atomic E-state index is 12.1. The van der Waals surface area contributed by atoms with Gasteiger partial charge in [0.25, 0.3) is 0 Å². The smallest absolute Gasteiger partial charge is 0.234 e. The topological polar surface area (TPSA) is 96.7 Å². The molecule has 1 aromatic heterocycles. The number of aromatic amines is 1. The van der Waals surface area contributed by atoms with Gasteiger partial charge in [0.1, 0.15) is 0 Å². The van der Waals surface area contributed by atoms with Crippen LogP contribution in [0.5, 0.6) is 0 Å². The van der Waals surface area contributed by atoms with E-state index in [0.29, 0.717) is 16.7 Å². The van der Waals surface area contributed by atoms with Gasteiger partial charge in [-0.3, -0.25) is 4.79 Å². The van der Waals surface area contributed by atoms with Crippen LogP contribution in [0.15, 0.2) is 47.6 Å². The molecule has 0 radical (unpaired) electrons. The fourth-order valence-electron chi connectivity index (χ4n) is 2.46. The molecular weight excluding hydrogens is 334 g/mol. The summed E-state index contributed by atoms with van der Waals surface area (Å²) in [5.41, 5.74) is 10.3. The Bertz CT molecular complexity index is 868. The molecule has 3 rings (SSSR count). The molecule has 2 aromatic carbocycles. The van der Waals surface area contributed by atoms with Crippen LogP contribution in [0.3, 0.4) is 0 Å².